The average Bonchev–Trinajstić information content (AvgIpc) is 3.31. The zero-order valence-corrected chi connectivity index (χ0v) is 21.2. The molecule has 2 N–H and O–H groups in total. The van der Waals surface area contributed by atoms with Crippen molar-refractivity contribution in [3.63, 3.8) is 0 Å². The van der Waals surface area contributed by atoms with E-state index in [2.05, 4.69) is 15.8 Å². The number of allylic oxidation sites excluding steroid dienone is 3. The van der Waals surface area contributed by atoms with Gasteiger partial charge in [0, 0.05) is 37.2 Å². The second kappa shape index (κ2) is 9.88. The van der Waals surface area contributed by atoms with Crippen molar-refractivity contribution < 1.29 is 27.1 Å². The smallest absolute Gasteiger partial charge is 0.263 e. The number of likely N-dealkylation sites (tertiary alicyclic amines) is 1. The van der Waals surface area contributed by atoms with E-state index in [1.807, 2.05) is 0 Å². The van der Waals surface area contributed by atoms with Crippen molar-refractivity contribution in [2.45, 2.75) is 55.4 Å². The van der Waals surface area contributed by atoms with Gasteiger partial charge in [0.2, 0.25) is 5.92 Å². The highest BCUT2D eigenvalue weighted by molar-refractivity contribution is 7.89. The minimum absolute atomic E-state index is 0.00368. The zero-order chi connectivity index (χ0) is 26.1. The van der Waals surface area contributed by atoms with Gasteiger partial charge < -0.3 is 10.0 Å². The number of hydrogen-bond acceptors (Lipinski definition) is 7. The molecule has 1 amide bonds. The number of hydrogen-bond donors (Lipinski definition) is 2. The molecule has 192 valence electrons. The number of amides is 1. The first-order valence-corrected chi connectivity index (χ1v) is 13.8. The molecule has 1 aromatic carbocycles. The van der Waals surface area contributed by atoms with Crippen LogP contribution in [0.1, 0.15) is 39.0 Å². The molecule has 12 heteroatoms. The summed E-state index contributed by atoms with van der Waals surface area (Å²) in [5.74, 6) is -4.11. The second-order valence-electron chi connectivity index (χ2n) is 9.35. The number of nitrogens with one attached hydrogen (secondary N) is 1. The lowest BCUT2D eigenvalue weighted by Crippen LogP contribution is -2.48. The van der Waals surface area contributed by atoms with Crippen LogP contribution in [0.4, 0.5) is 8.78 Å². The van der Waals surface area contributed by atoms with E-state index in [-0.39, 0.29) is 60.8 Å². The Morgan fingerprint density at radius 2 is 2.08 bits per heavy atom. The van der Waals surface area contributed by atoms with E-state index in [9.17, 15) is 32.4 Å². The Kier molecular flexibility index (Phi) is 7.19. The molecule has 2 aliphatic rings. The highest BCUT2D eigenvalue weighted by atomic mass is 32.2. The van der Waals surface area contributed by atoms with Crippen molar-refractivity contribution >= 4 is 37.5 Å². The summed E-state index contributed by atoms with van der Waals surface area (Å²) in [6, 6.07) is 6.94. The third kappa shape index (κ3) is 5.74. The molecule has 0 bridgehead atoms. The van der Waals surface area contributed by atoms with Crippen LogP contribution in [0.5, 0.6) is 0 Å². The SMILES string of the molecule is CC(F)(F)CCC1(O)CCN(C(=O)C2=CC=C(NS(=O)(=O)c3cccc4scnc34)CC2C#N)CC1. The molecule has 1 saturated heterocycles. The third-order valence-electron chi connectivity index (χ3n) is 6.56. The zero-order valence-electron chi connectivity index (χ0n) is 19.6. The first-order chi connectivity index (χ1) is 16.9. The molecular formula is C24H26F2N4O4S2. The van der Waals surface area contributed by atoms with Gasteiger partial charge in [-0.2, -0.15) is 5.26 Å². The number of piperidine rings is 1. The van der Waals surface area contributed by atoms with Gasteiger partial charge in [-0.25, -0.2) is 22.2 Å². The minimum Gasteiger partial charge on any atom is -0.390 e. The van der Waals surface area contributed by atoms with Gasteiger partial charge in [-0.3, -0.25) is 9.52 Å². The van der Waals surface area contributed by atoms with Crippen molar-refractivity contribution in [2.75, 3.05) is 13.1 Å². The van der Waals surface area contributed by atoms with Crippen LogP contribution in [0.3, 0.4) is 0 Å². The van der Waals surface area contributed by atoms with E-state index >= 15 is 0 Å². The Bertz CT molecular complexity index is 1360. The fraction of sp³-hybridized carbons (Fsp3) is 0.458. The topological polar surface area (TPSA) is 123 Å². The van der Waals surface area contributed by atoms with Crippen LogP contribution >= 0.6 is 11.3 Å². The van der Waals surface area contributed by atoms with E-state index in [0.717, 1.165) is 11.6 Å². The predicted octanol–water partition coefficient (Wildman–Crippen LogP) is 3.72. The number of carbonyl (C=O) groups is 1. The Balaban J connectivity index is 1.45. The van der Waals surface area contributed by atoms with Crippen LogP contribution < -0.4 is 4.72 Å². The number of carbonyl (C=O) groups excluding carboxylic acids is 1. The fourth-order valence-corrected chi connectivity index (χ4v) is 6.48. The molecule has 4 rings (SSSR count). The highest BCUT2D eigenvalue weighted by Gasteiger charge is 2.38. The summed E-state index contributed by atoms with van der Waals surface area (Å²) in [7, 11) is -3.96. The molecule has 1 unspecified atom stereocenters. The summed E-state index contributed by atoms with van der Waals surface area (Å²) in [4.78, 5) is 18.8. The van der Waals surface area contributed by atoms with Gasteiger partial charge in [-0.15, -0.1) is 11.3 Å². The molecule has 1 aliphatic carbocycles. The van der Waals surface area contributed by atoms with Gasteiger partial charge in [0.25, 0.3) is 15.9 Å². The number of alkyl halides is 2. The summed E-state index contributed by atoms with van der Waals surface area (Å²) in [5.41, 5.74) is 1.18. The molecule has 0 spiro atoms. The molecule has 1 aromatic heterocycles. The maximum atomic E-state index is 13.2. The van der Waals surface area contributed by atoms with Crippen LogP contribution in [0, 0.1) is 17.2 Å². The molecule has 1 aliphatic heterocycles. The van der Waals surface area contributed by atoms with E-state index in [1.165, 1.54) is 34.5 Å². The Labute approximate surface area is 212 Å². The summed E-state index contributed by atoms with van der Waals surface area (Å²) in [5, 5.41) is 20.3. The third-order valence-corrected chi connectivity index (χ3v) is 8.79. The maximum Gasteiger partial charge on any atom is 0.263 e. The maximum absolute atomic E-state index is 13.2. The standard InChI is InChI=1S/C24H26F2N4O4S2/c1-23(25,26)7-8-24(32)9-11-30(12-10-24)22(31)18-6-5-17(13-16(18)14-27)29-36(33,34)20-4-2-3-19-21(20)28-15-35-19/h2-6,15-16,29,32H,7-13H2,1H3. The van der Waals surface area contributed by atoms with E-state index in [4.69, 9.17) is 0 Å². The number of nitriles is 1. The summed E-state index contributed by atoms with van der Waals surface area (Å²) in [6.07, 6.45) is 2.78. The molecule has 1 atom stereocenters. The fourth-order valence-electron chi connectivity index (χ4n) is 4.43. The van der Waals surface area contributed by atoms with E-state index < -0.39 is 33.9 Å². The van der Waals surface area contributed by atoms with Crippen LogP contribution in [-0.2, 0) is 14.8 Å². The number of nitrogens with zero attached hydrogens (tertiary/aromatic N) is 3. The van der Waals surface area contributed by atoms with Gasteiger partial charge in [-0.05, 0) is 44.4 Å². The lowest BCUT2D eigenvalue weighted by Gasteiger charge is -2.39. The lowest BCUT2D eigenvalue weighted by atomic mass is 9.85. The van der Waals surface area contributed by atoms with Crippen LogP contribution in [-0.4, -0.2) is 53.9 Å². The van der Waals surface area contributed by atoms with Crippen LogP contribution in [0.2, 0.25) is 0 Å². The number of para-hydroxylation sites is 1. The molecule has 0 radical (unpaired) electrons. The van der Waals surface area contributed by atoms with Crippen LogP contribution in [0.25, 0.3) is 10.2 Å². The number of thiazole rings is 1. The molecular weight excluding hydrogens is 510 g/mol. The number of fused-ring (bicyclic) bond motifs is 1. The molecule has 8 nitrogen and oxygen atoms in total. The largest absolute Gasteiger partial charge is 0.390 e. The number of halogens is 2. The van der Waals surface area contributed by atoms with Crippen molar-refractivity contribution in [1.29, 1.82) is 5.26 Å². The van der Waals surface area contributed by atoms with Gasteiger partial charge >= 0.3 is 0 Å². The number of benzene rings is 1. The van der Waals surface area contributed by atoms with Gasteiger partial charge in [0.1, 0.15) is 10.4 Å². The average molecular weight is 537 g/mol. The van der Waals surface area contributed by atoms with Gasteiger partial charge in [-0.1, -0.05) is 12.1 Å². The monoisotopic (exact) mass is 536 g/mol. The second-order valence-corrected chi connectivity index (χ2v) is 11.9. The first-order valence-electron chi connectivity index (χ1n) is 11.5. The molecule has 0 saturated carbocycles. The number of aliphatic hydroxyl groups is 1. The highest BCUT2D eigenvalue weighted by Crippen LogP contribution is 2.33. The normalized spacial score (nSPS) is 20.4. The Morgan fingerprint density at radius 3 is 2.75 bits per heavy atom. The van der Waals surface area contributed by atoms with E-state index in [0.29, 0.717) is 5.52 Å². The number of rotatable bonds is 7. The van der Waals surface area contributed by atoms with Crippen molar-refractivity contribution in [2.24, 2.45) is 5.92 Å². The predicted molar refractivity (Wildman–Crippen MR) is 130 cm³/mol. The molecule has 2 aromatic rings. The van der Waals surface area contributed by atoms with Gasteiger partial charge in [0.15, 0.2) is 0 Å². The summed E-state index contributed by atoms with van der Waals surface area (Å²) < 4.78 is 55.7. The molecule has 1 fully saturated rings. The van der Waals surface area contributed by atoms with Crippen LogP contribution in [0.15, 0.2) is 52.0 Å². The van der Waals surface area contributed by atoms with Crippen molar-refractivity contribution in [3.8, 4) is 6.07 Å². The van der Waals surface area contributed by atoms with Crippen molar-refractivity contribution in [1.82, 2.24) is 14.6 Å². The molecule has 2 heterocycles. The van der Waals surface area contributed by atoms with E-state index in [1.54, 1.807) is 17.6 Å². The minimum atomic E-state index is -3.96. The quantitative estimate of drug-likeness (QED) is 0.556. The number of sulfonamides is 1. The Hall–Kier alpha value is -2.88. The number of aromatic nitrogens is 1. The molecule has 36 heavy (non-hydrogen) atoms. The van der Waals surface area contributed by atoms with Gasteiger partial charge in [0.05, 0.1) is 27.8 Å². The Morgan fingerprint density at radius 1 is 1.36 bits per heavy atom. The summed E-state index contributed by atoms with van der Waals surface area (Å²) in [6.45, 7) is 1.18. The first kappa shape index (κ1) is 26.2. The summed E-state index contributed by atoms with van der Waals surface area (Å²) >= 11 is 1.33. The van der Waals surface area contributed by atoms with Crippen molar-refractivity contribution in [3.05, 3.63) is 47.1 Å². The lowest BCUT2D eigenvalue weighted by molar-refractivity contribution is -0.132.